The number of nitrogens with one attached hydrogen (secondary N) is 1. The van der Waals surface area contributed by atoms with Crippen molar-refractivity contribution in [2.24, 2.45) is 0 Å². The van der Waals surface area contributed by atoms with Gasteiger partial charge in [-0.25, -0.2) is 4.98 Å². The van der Waals surface area contributed by atoms with E-state index in [1.807, 2.05) is 37.3 Å². The third kappa shape index (κ3) is 3.83. The molecule has 27 heavy (non-hydrogen) atoms. The summed E-state index contributed by atoms with van der Waals surface area (Å²) in [4.78, 5) is 21.1. The first kappa shape index (κ1) is 18.3. The van der Waals surface area contributed by atoms with Crippen molar-refractivity contribution >= 4 is 75.4 Å². The largest absolute Gasteiger partial charge is 0.480 e. The summed E-state index contributed by atoms with van der Waals surface area (Å²) in [6, 6.07) is 11.7. The second kappa shape index (κ2) is 7.53. The van der Waals surface area contributed by atoms with Gasteiger partial charge in [-0.15, -0.1) is 0 Å². The highest BCUT2D eigenvalue weighted by Gasteiger charge is 2.14. The molecule has 2 heterocycles. The zero-order valence-electron chi connectivity index (χ0n) is 14.1. The molecule has 1 N–H and O–H groups in total. The Morgan fingerprint density at radius 3 is 2.93 bits per heavy atom. The molecule has 0 spiro atoms. The maximum absolute atomic E-state index is 12.3. The predicted octanol–water partition coefficient (Wildman–Crippen LogP) is 5.70. The van der Waals surface area contributed by atoms with E-state index in [0.717, 1.165) is 30.1 Å². The third-order valence-corrected chi connectivity index (χ3v) is 6.07. The molecule has 0 atom stereocenters. The van der Waals surface area contributed by atoms with Gasteiger partial charge in [0.1, 0.15) is 5.52 Å². The number of hydrogen-bond acceptors (Lipinski definition) is 5. The molecule has 0 saturated carbocycles. The Kier molecular flexibility index (Phi) is 5.12. The molecular weight excluding hydrogens is 494 g/mol. The normalized spacial score (nSPS) is 11.1. The third-order valence-electron chi connectivity index (χ3n) is 3.89. The zero-order chi connectivity index (χ0) is 19.0. The van der Waals surface area contributed by atoms with Crippen LogP contribution in [0, 0.1) is 6.92 Å². The van der Waals surface area contributed by atoms with Gasteiger partial charge >= 0.3 is 0 Å². The SMILES string of the molecule is Cc1ccc2nc(NC(=O)COc3c(Br)cc(Br)c4cccnc34)sc2c1. The first-order chi connectivity index (χ1) is 13.0. The molecule has 0 unspecified atom stereocenters. The summed E-state index contributed by atoms with van der Waals surface area (Å²) < 4.78 is 8.43. The fourth-order valence-corrected chi connectivity index (χ4v) is 5.03. The lowest BCUT2D eigenvalue weighted by Gasteiger charge is -2.11. The van der Waals surface area contributed by atoms with Crippen LogP contribution >= 0.6 is 43.2 Å². The lowest BCUT2D eigenvalue weighted by atomic mass is 10.2. The van der Waals surface area contributed by atoms with Gasteiger partial charge in [0.2, 0.25) is 0 Å². The van der Waals surface area contributed by atoms with E-state index >= 15 is 0 Å². The summed E-state index contributed by atoms with van der Waals surface area (Å²) in [5, 5.41) is 4.27. The summed E-state index contributed by atoms with van der Waals surface area (Å²) in [6.07, 6.45) is 1.69. The first-order valence-corrected chi connectivity index (χ1v) is 10.4. The first-order valence-electron chi connectivity index (χ1n) is 8.04. The highest BCUT2D eigenvalue weighted by Crippen LogP contribution is 2.37. The molecule has 0 bridgehead atoms. The molecule has 2 aromatic heterocycles. The number of benzene rings is 2. The number of nitrogens with zero attached hydrogens (tertiary/aromatic N) is 2. The number of aryl methyl sites for hydroxylation is 1. The Labute approximate surface area is 176 Å². The summed E-state index contributed by atoms with van der Waals surface area (Å²) in [7, 11) is 0. The molecule has 0 radical (unpaired) electrons. The van der Waals surface area contributed by atoms with Gasteiger partial charge in [0, 0.05) is 16.1 Å². The smallest absolute Gasteiger partial charge is 0.264 e. The van der Waals surface area contributed by atoms with E-state index in [9.17, 15) is 4.79 Å². The van der Waals surface area contributed by atoms with E-state index in [0.29, 0.717) is 16.4 Å². The molecule has 8 heteroatoms. The number of aromatic nitrogens is 2. The van der Waals surface area contributed by atoms with E-state index in [1.54, 1.807) is 6.20 Å². The van der Waals surface area contributed by atoms with Gasteiger partial charge in [-0.3, -0.25) is 15.1 Å². The number of fused-ring (bicyclic) bond motifs is 2. The van der Waals surface area contributed by atoms with Crippen molar-refractivity contribution in [3.8, 4) is 5.75 Å². The van der Waals surface area contributed by atoms with E-state index in [1.165, 1.54) is 11.3 Å². The van der Waals surface area contributed by atoms with Crippen LogP contribution in [-0.2, 0) is 4.79 Å². The number of thiazole rings is 1. The number of hydrogen-bond donors (Lipinski definition) is 1. The van der Waals surface area contributed by atoms with E-state index in [2.05, 4.69) is 53.2 Å². The van der Waals surface area contributed by atoms with Crippen LogP contribution in [-0.4, -0.2) is 22.5 Å². The fraction of sp³-hybridized carbons (Fsp3) is 0.105. The van der Waals surface area contributed by atoms with Crippen LogP contribution in [0.1, 0.15) is 5.56 Å². The predicted molar refractivity (Wildman–Crippen MR) is 116 cm³/mol. The van der Waals surface area contributed by atoms with Gasteiger partial charge in [-0.1, -0.05) is 39.4 Å². The molecule has 136 valence electrons. The second-order valence-electron chi connectivity index (χ2n) is 5.90. The van der Waals surface area contributed by atoms with Crippen LogP contribution in [0.2, 0.25) is 0 Å². The summed E-state index contributed by atoms with van der Waals surface area (Å²) >= 11 is 8.44. The molecule has 5 nitrogen and oxygen atoms in total. The molecule has 0 aliphatic heterocycles. The lowest BCUT2D eigenvalue weighted by molar-refractivity contribution is -0.118. The van der Waals surface area contributed by atoms with Crippen LogP contribution in [0.25, 0.3) is 21.1 Å². The van der Waals surface area contributed by atoms with Crippen molar-refractivity contribution in [1.82, 2.24) is 9.97 Å². The van der Waals surface area contributed by atoms with Crippen molar-refractivity contribution in [3.05, 3.63) is 57.1 Å². The monoisotopic (exact) mass is 505 g/mol. The van der Waals surface area contributed by atoms with Crippen LogP contribution in [0.15, 0.2) is 51.5 Å². The van der Waals surface area contributed by atoms with Gasteiger partial charge in [0.15, 0.2) is 17.5 Å². The highest BCUT2D eigenvalue weighted by atomic mass is 79.9. The van der Waals surface area contributed by atoms with E-state index < -0.39 is 0 Å². The zero-order valence-corrected chi connectivity index (χ0v) is 18.1. The van der Waals surface area contributed by atoms with Gasteiger partial charge in [0.05, 0.1) is 14.7 Å². The number of rotatable bonds is 4. The highest BCUT2D eigenvalue weighted by molar-refractivity contribution is 9.11. The van der Waals surface area contributed by atoms with Gasteiger partial charge < -0.3 is 4.74 Å². The van der Waals surface area contributed by atoms with Crippen molar-refractivity contribution in [3.63, 3.8) is 0 Å². The average molecular weight is 507 g/mol. The number of anilines is 1. The van der Waals surface area contributed by atoms with E-state index in [4.69, 9.17) is 4.74 Å². The Balaban J connectivity index is 1.51. The maximum Gasteiger partial charge on any atom is 0.264 e. The number of halogens is 2. The van der Waals surface area contributed by atoms with Crippen molar-refractivity contribution in [2.45, 2.75) is 6.92 Å². The molecule has 4 aromatic rings. The van der Waals surface area contributed by atoms with Crippen molar-refractivity contribution in [2.75, 3.05) is 11.9 Å². The van der Waals surface area contributed by atoms with Crippen LogP contribution < -0.4 is 10.1 Å². The fourth-order valence-electron chi connectivity index (χ4n) is 2.66. The van der Waals surface area contributed by atoms with Crippen LogP contribution in [0.5, 0.6) is 5.75 Å². The van der Waals surface area contributed by atoms with Gasteiger partial charge in [0.25, 0.3) is 5.91 Å². The second-order valence-corrected chi connectivity index (χ2v) is 8.64. The molecule has 0 saturated heterocycles. The van der Waals surface area contributed by atoms with Gasteiger partial charge in [-0.05, 0) is 52.7 Å². The quantitative estimate of drug-likeness (QED) is 0.386. The number of carbonyl (C=O) groups is 1. The average Bonchev–Trinajstić information content (AvgIpc) is 3.02. The van der Waals surface area contributed by atoms with Crippen LogP contribution in [0.3, 0.4) is 0 Å². The summed E-state index contributed by atoms with van der Waals surface area (Å²) in [6.45, 7) is 1.89. The summed E-state index contributed by atoms with van der Waals surface area (Å²) in [5.41, 5.74) is 2.71. The molecule has 1 amide bonds. The standard InChI is InChI=1S/C19H13Br2N3O2S/c1-10-4-5-14-15(7-10)27-19(23-14)24-16(25)9-26-18-13(21)8-12(20)11-3-2-6-22-17(11)18/h2-8H,9H2,1H3,(H,23,24,25). The minimum absolute atomic E-state index is 0.138. The molecule has 0 aliphatic rings. The Bertz CT molecular complexity index is 1180. The summed E-state index contributed by atoms with van der Waals surface area (Å²) in [5.74, 6) is 0.258. The Hall–Kier alpha value is -2.03. The van der Waals surface area contributed by atoms with Gasteiger partial charge in [-0.2, -0.15) is 0 Å². The number of amides is 1. The number of carbonyl (C=O) groups excluding carboxylic acids is 1. The molecular formula is C19H13Br2N3O2S. The van der Waals surface area contributed by atoms with Crippen LogP contribution in [0.4, 0.5) is 5.13 Å². The van der Waals surface area contributed by atoms with Crippen molar-refractivity contribution < 1.29 is 9.53 Å². The molecule has 4 rings (SSSR count). The lowest BCUT2D eigenvalue weighted by Crippen LogP contribution is -2.20. The minimum Gasteiger partial charge on any atom is -0.480 e. The number of ether oxygens (including phenoxy) is 1. The molecule has 0 aliphatic carbocycles. The topological polar surface area (TPSA) is 64.1 Å². The maximum atomic E-state index is 12.3. The van der Waals surface area contributed by atoms with E-state index in [-0.39, 0.29) is 12.5 Å². The number of pyridine rings is 1. The minimum atomic E-state index is -0.273. The molecule has 2 aromatic carbocycles. The molecule has 0 fully saturated rings. The Morgan fingerprint density at radius 1 is 1.22 bits per heavy atom. The van der Waals surface area contributed by atoms with Crippen molar-refractivity contribution in [1.29, 1.82) is 0 Å². The Morgan fingerprint density at radius 2 is 2.07 bits per heavy atom.